The van der Waals surface area contributed by atoms with E-state index in [1.807, 2.05) is 0 Å². The molecule has 1 aliphatic heterocycles. The van der Waals surface area contributed by atoms with Crippen molar-refractivity contribution >= 4 is 35.9 Å². The van der Waals surface area contributed by atoms with E-state index in [1.54, 1.807) is 72.9 Å². The van der Waals surface area contributed by atoms with Crippen LogP contribution in [0.25, 0.3) is 0 Å². The second-order valence-electron chi connectivity index (χ2n) is 14.9. The summed E-state index contributed by atoms with van der Waals surface area (Å²) in [6.07, 6.45) is -3.31. The van der Waals surface area contributed by atoms with Crippen molar-refractivity contribution < 1.29 is 66.0 Å². The van der Waals surface area contributed by atoms with Gasteiger partial charge in [0, 0.05) is 18.9 Å². The molecule has 1 saturated heterocycles. The first-order valence-corrected chi connectivity index (χ1v) is 17.6. The van der Waals surface area contributed by atoms with Crippen LogP contribution >= 0.6 is 0 Å². The van der Waals surface area contributed by atoms with Crippen molar-refractivity contribution in [2.45, 2.75) is 148 Å². The standard InChI is InChI=1S/C35H54F3N3O11/c1-9-18-50-27(44)25-19-23(42)21-40(25)26(43)24(39-28(45)35(36,37)38)17-15-13-11-12-14-16-22-20-34(22,29(46)49-10-2)41(30(47)51-32(3,4)5)31(48)52-33(6,7)8/h14,16,22-25,42H,9-13,15,17-21H2,1-8H3,(H,39,45)/b16-14-/t22-,23-,24+,25+,34-/m1/s1. The lowest BCUT2D eigenvalue weighted by Gasteiger charge is -2.33. The normalized spacial score (nSPS) is 22.4. The van der Waals surface area contributed by atoms with Crippen molar-refractivity contribution in [1.82, 2.24) is 15.1 Å². The maximum absolute atomic E-state index is 13.4. The number of hydrogen-bond acceptors (Lipinski definition) is 11. The van der Waals surface area contributed by atoms with E-state index in [0.717, 1.165) is 4.90 Å². The number of halogens is 3. The molecule has 296 valence electrons. The first-order valence-electron chi connectivity index (χ1n) is 17.6. The van der Waals surface area contributed by atoms with Crippen LogP contribution in [0.4, 0.5) is 22.8 Å². The van der Waals surface area contributed by atoms with Gasteiger partial charge in [0.15, 0.2) is 5.54 Å². The highest BCUT2D eigenvalue weighted by Crippen LogP contribution is 2.51. The Morgan fingerprint density at radius 3 is 2.06 bits per heavy atom. The maximum atomic E-state index is 13.4. The number of aliphatic hydroxyl groups excluding tert-OH is 1. The monoisotopic (exact) mass is 749 g/mol. The van der Waals surface area contributed by atoms with Gasteiger partial charge in [-0.05, 0) is 80.6 Å². The lowest BCUT2D eigenvalue weighted by molar-refractivity contribution is -0.175. The topological polar surface area (TPSA) is 178 Å². The van der Waals surface area contributed by atoms with Crippen molar-refractivity contribution in [3.63, 3.8) is 0 Å². The number of nitrogens with zero attached hydrogens (tertiary/aromatic N) is 2. The number of imide groups is 1. The molecule has 2 fully saturated rings. The molecule has 0 aromatic carbocycles. The van der Waals surface area contributed by atoms with Gasteiger partial charge in [-0.2, -0.15) is 18.1 Å². The van der Waals surface area contributed by atoms with E-state index in [1.165, 1.54) is 0 Å². The minimum absolute atomic E-state index is 0.0116. The van der Waals surface area contributed by atoms with Crippen molar-refractivity contribution in [3.05, 3.63) is 12.2 Å². The highest BCUT2D eigenvalue weighted by molar-refractivity contribution is 5.99. The van der Waals surface area contributed by atoms with Crippen LogP contribution in [0.5, 0.6) is 0 Å². The summed E-state index contributed by atoms with van der Waals surface area (Å²) >= 11 is 0. The van der Waals surface area contributed by atoms with Crippen LogP contribution in [0.3, 0.4) is 0 Å². The van der Waals surface area contributed by atoms with Crippen LogP contribution in [0.1, 0.15) is 107 Å². The van der Waals surface area contributed by atoms with Crippen molar-refractivity contribution in [3.8, 4) is 0 Å². The summed E-state index contributed by atoms with van der Waals surface area (Å²) in [5.41, 5.74) is -3.69. The molecule has 0 unspecified atom stereocenters. The van der Waals surface area contributed by atoms with Gasteiger partial charge in [0.25, 0.3) is 0 Å². The van der Waals surface area contributed by atoms with Crippen LogP contribution in [-0.2, 0) is 38.1 Å². The third kappa shape index (κ3) is 12.7. The first-order chi connectivity index (χ1) is 24.0. The van der Waals surface area contributed by atoms with Gasteiger partial charge < -0.3 is 34.3 Å². The van der Waals surface area contributed by atoms with Crippen molar-refractivity contribution in [1.29, 1.82) is 0 Å². The molecule has 52 heavy (non-hydrogen) atoms. The zero-order chi connectivity index (χ0) is 39.7. The Balaban J connectivity index is 2.13. The Labute approximate surface area is 302 Å². The molecule has 1 aliphatic carbocycles. The molecule has 2 N–H and O–H groups in total. The molecule has 1 heterocycles. The largest absolute Gasteiger partial charge is 0.471 e. The van der Waals surface area contributed by atoms with E-state index in [9.17, 15) is 47.0 Å². The van der Waals surface area contributed by atoms with E-state index in [2.05, 4.69) is 0 Å². The van der Waals surface area contributed by atoms with E-state index in [-0.39, 0.29) is 45.4 Å². The Hall–Kier alpha value is -3.89. The van der Waals surface area contributed by atoms with Crippen molar-refractivity contribution in [2.75, 3.05) is 19.8 Å². The summed E-state index contributed by atoms with van der Waals surface area (Å²) in [6, 6.07) is -2.81. The van der Waals surface area contributed by atoms with Gasteiger partial charge in [-0.15, -0.1) is 0 Å². The van der Waals surface area contributed by atoms with Gasteiger partial charge in [-0.3, -0.25) is 9.59 Å². The average Bonchev–Trinajstić information content (AvgIpc) is 3.57. The number of likely N-dealkylation sites (tertiary alicyclic amines) is 1. The number of rotatable bonds is 15. The summed E-state index contributed by atoms with van der Waals surface area (Å²) in [4.78, 5) is 79.3. The number of β-amino-alcohol motifs (C(OH)–C–C–N with tert-alkyl or cyclic N) is 1. The Morgan fingerprint density at radius 2 is 1.54 bits per heavy atom. The van der Waals surface area contributed by atoms with Gasteiger partial charge >= 0.3 is 36.2 Å². The van der Waals surface area contributed by atoms with Crippen LogP contribution < -0.4 is 5.32 Å². The van der Waals surface area contributed by atoms with Gasteiger partial charge in [-0.1, -0.05) is 31.9 Å². The van der Waals surface area contributed by atoms with Crippen LogP contribution in [-0.4, -0.2) is 112 Å². The van der Waals surface area contributed by atoms with Crippen LogP contribution in [0.15, 0.2) is 12.2 Å². The summed E-state index contributed by atoms with van der Waals surface area (Å²) in [5, 5.41) is 11.9. The molecule has 1 saturated carbocycles. The Bertz CT molecular complexity index is 1300. The number of amides is 4. The third-order valence-corrected chi connectivity index (χ3v) is 8.04. The molecule has 2 rings (SSSR count). The zero-order valence-electron chi connectivity index (χ0n) is 31.3. The predicted molar refractivity (Wildman–Crippen MR) is 179 cm³/mol. The molecule has 0 aromatic heterocycles. The zero-order valence-corrected chi connectivity index (χ0v) is 31.3. The fraction of sp³-hybridized carbons (Fsp3) is 0.771. The average molecular weight is 750 g/mol. The number of allylic oxidation sites excluding steroid dienone is 1. The lowest BCUT2D eigenvalue weighted by Crippen LogP contribution is -2.55. The Kier molecular flexibility index (Phi) is 15.5. The van der Waals surface area contributed by atoms with Gasteiger partial charge in [0.05, 0.1) is 19.3 Å². The van der Waals surface area contributed by atoms with E-state index < -0.39 is 83.0 Å². The van der Waals surface area contributed by atoms with Crippen LogP contribution in [0, 0.1) is 5.92 Å². The lowest BCUT2D eigenvalue weighted by atomic mass is 10.0. The summed E-state index contributed by atoms with van der Waals surface area (Å²) in [7, 11) is 0. The molecular formula is C35H54F3N3O11. The quantitative estimate of drug-likeness (QED) is 0.100. The number of alkyl halides is 3. The highest BCUT2D eigenvalue weighted by atomic mass is 19.4. The number of carbonyl (C=O) groups excluding carboxylic acids is 6. The molecule has 17 heteroatoms. The molecule has 2 aliphatic rings. The number of unbranched alkanes of at least 4 members (excludes halogenated alkanes) is 3. The van der Waals surface area contributed by atoms with E-state index >= 15 is 0 Å². The second-order valence-corrected chi connectivity index (χ2v) is 14.9. The SMILES string of the molecule is CCCOC(=O)[C@@H]1C[C@@H](O)CN1C(=O)[C@H](CCCCC/C=C\[C@@H]1C[C@@]1(C(=O)OCC)N(C(=O)OC(C)(C)C)C(=O)OC(C)(C)C)NC(=O)C(F)(F)F. The number of nitrogens with one attached hydrogen (secondary N) is 1. The number of carbonyl (C=O) groups is 6. The van der Waals surface area contributed by atoms with Crippen molar-refractivity contribution in [2.24, 2.45) is 5.92 Å². The molecule has 0 bridgehead atoms. The highest BCUT2D eigenvalue weighted by Gasteiger charge is 2.69. The molecule has 14 nitrogen and oxygen atoms in total. The third-order valence-electron chi connectivity index (χ3n) is 8.04. The van der Waals surface area contributed by atoms with Crippen LogP contribution in [0.2, 0.25) is 0 Å². The van der Waals surface area contributed by atoms with E-state index in [4.69, 9.17) is 18.9 Å². The molecule has 5 atom stereocenters. The molecular weight excluding hydrogens is 695 g/mol. The minimum Gasteiger partial charge on any atom is -0.464 e. The summed E-state index contributed by atoms with van der Waals surface area (Å²) in [5.74, 6) is -5.46. The first kappa shape index (κ1) is 44.3. The maximum Gasteiger partial charge on any atom is 0.471 e. The fourth-order valence-electron chi connectivity index (χ4n) is 5.68. The Morgan fingerprint density at radius 1 is 0.942 bits per heavy atom. The molecule has 0 spiro atoms. The number of esters is 2. The van der Waals surface area contributed by atoms with Gasteiger partial charge in [0.1, 0.15) is 23.3 Å². The minimum atomic E-state index is -5.25. The fourth-order valence-corrected chi connectivity index (χ4v) is 5.68. The smallest absolute Gasteiger partial charge is 0.464 e. The molecule has 4 amide bonds. The van der Waals surface area contributed by atoms with Gasteiger partial charge in [-0.25, -0.2) is 19.2 Å². The summed E-state index contributed by atoms with van der Waals surface area (Å²) < 4.78 is 60.7. The predicted octanol–water partition coefficient (Wildman–Crippen LogP) is 4.95. The number of ether oxygens (including phenoxy) is 4. The second kappa shape index (κ2) is 18.2. The number of aliphatic hydroxyl groups is 1. The number of hydrogen-bond donors (Lipinski definition) is 2. The molecule has 0 aromatic rings. The van der Waals surface area contributed by atoms with E-state index in [0.29, 0.717) is 30.6 Å². The summed E-state index contributed by atoms with van der Waals surface area (Å²) in [6.45, 7) is 12.8. The van der Waals surface area contributed by atoms with Gasteiger partial charge in [0.2, 0.25) is 5.91 Å². The molecule has 0 radical (unpaired) electrons.